The quantitative estimate of drug-likeness (QED) is 0.888. The summed E-state index contributed by atoms with van der Waals surface area (Å²) in [6.45, 7) is 6.22. The Labute approximate surface area is 105 Å². The topological polar surface area (TPSA) is 38.1 Å². The molecule has 2 heterocycles. The molecule has 0 spiro atoms. The van der Waals surface area contributed by atoms with Crippen LogP contribution in [0.4, 0.5) is 4.39 Å². The minimum absolute atomic E-state index is 0.0600. The summed E-state index contributed by atoms with van der Waals surface area (Å²) in [6.07, 6.45) is 1.01. The average Bonchev–Trinajstić information content (AvgIpc) is 2.94. The number of fused-ring (bicyclic) bond motifs is 1. The Morgan fingerprint density at radius 2 is 2.28 bits per heavy atom. The summed E-state index contributed by atoms with van der Waals surface area (Å²) in [5.41, 5.74) is 1.21. The van der Waals surface area contributed by atoms with Gasteiger partial charge in [0.25, 0.3) is 0 Å². The fourth-order valence-electron chi connectivity index (χ4n) is 2.74. The van der Waals surface area contributed by atoms with Crippen molar-refractivity contribution in [3.8, 4) is 0 Å². The van der Waals surface area contributed by atoms with Gasteiger partial charge in [-0.3, -0.25) is 0 Å². The van der Waals surface area contributed by atoms with E-state index >= 15 is 0 Å². The van der Waals surface area contributed by atoms with Crippen molar-refractivity contribution in [1.29, 1.82) is 0 Å². The molecule has 2 aromatic rings. The highest BCUT2D eigenvalue weighted by molar-refractivity contribution is 5.72. The van der Waals surface area contributed by atoms with E-state index in [1.165, 1.54) is 12.1 Å². The number of nitrogens with one attached hydrogen (secondary N) is 1. The molecule has 1 aromatic carbocycles. The van der Waals surface area contributed by atoms with Crippen LogP contribution in [0.1, 0.15) is 26.2 Å². The molecule has 1 aliphatic rings. The molecule has 0 aliphatic carbocycles. The number of rotatable bonds is 2. The van der Waals surface area contributed by atoms with E-state index in [1.807, 2.05) is 0 Å². The van der Waals surface area contributed by atoms with Crippen molar-refractivity contribution in [1.82, 2.24) is 10.3 Å². The smallest absolute Gasteiger partial charge is 0.203 e. The van der Waals surface area contributed by atoms with Crippen molar-refractivity contribution < 1.29 is 8.81 Å². The van der Waals surface area contributed by atoms with Gasteiger partial charge in [0.1, 0.15) is 11.3 Å². The van der Waals surface area contributed by atoms with Crippen molar-refractivity contribution in [3.05, 3.63) is 29.9 Å². The monoisotopic (exact) mass is 248 g/mol. The first-order chi connectivity index (χ1) is 8.62. The highest BCUT2D eigenvalue weighted by Gasteiger charge is 2.43. The first-order valence-corrected chi connectivity index (χ1v) is 6.39. The van der Waals surface area contributed by atoms with E-state index < -0.39 is 0 Å². The van der Waals surface area contributed by atoms with Crippen molar-refractivity contribution >= 4 is 11.1 Å². The van der Waals surface area contributed by atoms with Crippen molar-refractivity contribution in [3.63, 3.8) is 0 Å². The first-order valence-electron chi connectivity index (χ1n) is 6.39. The Morgan fingerprint density at radius 1 is 1.44 bits per heavy atom. The van der Waals surface area contributed by atoms with E-state index in [2.05, 4.69) is 24.1 Å². The van der Waals surface area contributed by atoms with Crippen LogP contribution in [0, 0.1) is 11.7 Å². The predicted octanol–water partition coefficient (Wildman–Crippen LogP) is 2.85. The third kappa shape index (κ3) is 1.63. The average molecular weight is 248 g/mol. The zero-order chi connectivity index (χ0) is 12.8. The molecule has 1 fully saturated rings. The maximum absolute atomic E-state index is 13.2. The van der Waals surface area contributed by atoms with Crippen LogP contribution >= 0.6 is 0 Å². The molecule has 4 heteroatoms. The van der Waals surface area contributed by atoms with Gasteiger partial charge in [-0.25, -0.2) is 9.37 Å². The van der Waals surface area contributed by atoms with E-state index in [-0.39, 0.29) is 11.2 Å². The minimum atomic E-state index is -0.284. The van der Waals surface area contributed by atoms with Gasteiger partial charge in [-0.05, 0) is 31.0 Å². The third-order valence-corrected chi connectivity index (χ3v) is 4.07. The number of hydrogen-bond acceptors (Lipinski definition) is 3. The summed E-state index contributed by atoms with van der Waals surface area (Å²) in [5.74, 6) is 0.891. The molecule has 0 radical (unpaired) electrons. The molecule has 3 rings (SSSR count). The maximum atomic E-state index is 13.2. The van der Waals surface area contributed by atoms with Gasteiger partial charge in [0.05, 0.1) is 5.41 Å². The zero-order valence-corrected chi connectivity index (χ0v) is 10.7. The van der Waals surface area contributed by atoms with Gasteiger partial charge in [-0.2, -0.15) is 0 Å². The standard InChI is InChI=1S/C14H17FN2O/c1-9(2)14(5-6-16-8-14)13-17-11-4-3-10(15)7-12(11)18-13/h3-4,7,9,16H,5-6,8H2,1-2H3. The summed E-state index contributed by atoms with van der Waals surface area (Å²) < 4.78 is 19.0. The molecule has 18 heavy (non-hydrogen) atoms. The molecule has 1 aromatic heterocycles. The summed E-state index contributed by atoms with van der Waals surface area (Å²) >= 11 is 0. The summed E-state index contributed by atoms with van der Waals surface area (Å²) in [7, 11) is 0. The number of hydrogen-bond donors (Lipinski definition) is 1. The molecule has 1 atom stereocenters. The van der Waals surface area contributed by atoms with E-state index in [1.54, 1.807) is 6.07 Å². The van der Waals surface area contributed by atoms with Crippen LogP contribution in [0.15, 0.2) is 22.6 Å². The van der Waals surface area contributed by atoms with Crippen LogP contribution in [0.3, 0.4) is 0 Å². The van der Waals surface area contributed by atoms with Crippen molar-refractivity contribution in [2.45, 2.75) is 25.7 Å². The Balaban J connectivity index is 2.12. The van der Waals surface area contributed by atoms with E-state index in [0.717, 1.165) is 30.9 Å². The van der Waals surface area contributed by atoms with E-state index in [0.29, 0.717) is 11.5 Å². The molecule has 1 saturated heterocycles. The highest BCUT2D eigenvalue weighted by atomic mass is 19.1. The number of aromatic nitrogens is 1. The Bertz CT molecular complexity index is 570. The fraction of sp³-hybridized carbons (Fsp3) is 0.500. The molecule has 1 aliphatic heterocycles. The fourth-order valence-corrected chi connectivity index (χ4v) is 2.74. The van der Waals surface area contributed by atoms with Crippen LogP contribution in [0.5, 0.6) is 0 Å². The lowest BCUT2D eigenvalue weighted by Crippen LogP contribution is -2.35. The Hall–Kier alpha value is -1.42. The predicted molar refractivity (Wildman–Crippen MR) is 68.0 cm³/mol. The van der Waals surface area contributed by atoms with Gasteiger partial charge < -0.3 is 9.73 Å². The van der Waals surface area contributed by atoms with Crippen LogP contribution in [0.25, 0.3) is 11.1 Å². The second-order valence-corrected chi connectivity index (χ2v) is 5.37. The number of halogens is 1. The zero-order valence-electron chi connectivity index (χ0n) is 10.7. The van der Waals surface area contributed by atoms with Crippen LogP contribution in [-0.2, 0) is 5.41 Å². The summed E-state index contributed by atoms with van der Waals surface area (Å²) in [4.78, 5) is 4.56. The lowest BCUT2D eigenvalue weighted by Gasteiger charge is -2.28. The van der Waals surface area contributed by atoms with Crippen molar-refractivity contribution in [2.75, 3.05) is 13.1 Å². The number of benzene rings is 1. The van der Waals surface area contributed by atoms with Gasteiger partial charge in [0, 0.05) is 12.6 Å². The summed E-state index contributed by atoms with van der Waals surface area (Å²) in [6, 6.07) is 4.50. The minimum Gasteiger partial charge on any atom is -0.440 e. The Morgan fingerprint density at radius 3 is 2.94 bits per heavy atom. The molecule has 96 valence electrons. The van der Waals surface area contributed by atoms with Gasteiger partial charge in [0.15, 0.2) is 5.58 Å². The summed E-state index contributed by atoms with van der Waals surface area (Å²) in [5, 5.41) is 3.37. The molecule has 1 N–H and O–H groups in total. The normalized spacial score (nSPS) is 24.2. The second kappa shape index (κ2) is 4.05. The van der Waals surface area contributed by atoms with Crippen LogP contribution in [-0.4, -0.2) is 18.1 Å². The van der Waals surface area contributed by atoms with Gasteiger partial charge in [0.2, 0.25) is 5.89 Å². The first kappa shape index (κ1) is 11.7. The Kier molecular flexibility index (Phi) is 2.63. The van der Waals surface area contributed by atoms with Gasteiger partial charge in [-0.15, -0.1) is 0 Å². The third-order valence-electron chi connectivity index (χ3n) is 4.07. The van der Waals surface area contributed by atoms with Crippen LogP contribution < -0.4 is 5.32 Å². The molecule has 0 saturated carbocycles. The lowest BCUT2D eigenvalue weighted by atomic mass is 9.76. The maximum Gasteiger partial charge on any atom is 0.203 e. The van der Waals surface area contributed by atoms with Gasteiger partial charge in [-0.1, -0.05) is 13.8 Å². The van der Waals surface area contributed by atoms with Gasteiger partial charge >= 0.3 is 0 Å². The molecular formula is C14H17FN2O. The number of oxazole rings is 1. The molecular weight excluding hydrogens is 231 g/mol. The highest BCUT2D eigenvalue weighted by Crippen LogP contribution is 2.38. The lowest BCUT2D eigenvalue weighted by molar-refractivity contribution is 0.269. The second-order valence-electron chi connectivity index (χ2n) is 5.37. The number of nitrogens with zero attached hydrogens (tertiary/aromatic N) is 1. The molecule has 3 nitrogen and oxygen atoms in total. The van der Waals surface area contributed by atoms with E-state index in [4.69, 9.17) is 4.42 Å². The largest absolute Gasteiger partial charge is 0.440 e. The molecule has 1 unspecified atom stereocenters. The molecule has 0 amide bonds. The molecule has 0 bridgehead atoms. The van der Waals surface area contributed by atoms with Crippen molar-refractivity contribution in [2.24, 2.45) is 5.92 Å². The van der Waals surface area contributed by atoms with Crippen LogP contribution in [0.2, 0.25) is 0 Å². The van der Waals surface area contributed by atoms with E-state index in [9.17, 15) is 4.39 Å². The SMILES string of the molecule is CC(C)C1(c2nc3ccc(F)cc3o2)CCNC1.